The van der Waals surface area contributed by atoms with Crippen LogP contribution in [-0.4, -0.2) is 23.7 Å². The molecule has 0 radical (unpaired) electrons. The average Bonchev–Trinajstić information content (AvgIpc) is 3.00. The van der Waals surface area contributed by atoms with Crippen molar-refractivity contribution in [1.29, 1.82) is 0 Å². The number of aromatic nitrogens is 1. The smallest absolute Gasteiger partial charge is 0.147 e. The van der Waals surface area contributed by atoms with Crippen LogP contribution in [0.5, 0.6) is 0 Å². The summed E-state index contributed by atoms with van der Waals surface area (Å²) in [7, 11) is 2.07. The highest BCUT2D eigenvalue weighted by atomic mass is 35.5. The Bertz CT molecular complexity index is 465. The molecule has 2 bridgehead atoms. The molecule has 1 heterocycles. The lowest BCUT2D eigenvalue weighted by atomic mass is 9.88. The Labute approximate surface area is 119 Å². The SMILES string of the molecule is CN(CC1CC2CCC1C2)c1ncc(CO)cc1Cl. The zero-order valence-corrected chi connectivity index (χ0v) is 12.1. The van der Waals surface area contributed by atoms with Gasteiger partial charge in [-0.1, -0.05) is 18.0 Å². The molecule has 19 heavy (non-hydrogen) atoms. The third-order valence-corrected chi connectivity index (χ3v) is 5.09. The average molecular weight is 281 g/mol. The van der Waals surface area contributed by atoms with Gasteiger partial charge >= 0.3 is 0 Å². The number of aliphatic hydroxyl groups excluding tert-OH is 1. The van der Waals surface area contributed by atoms with Gasteiger partial charge in [-0.2, -0.15) is 0 Å². The van der Waals surface area contributed by atoms with E-state index < -0.39 is 0 Å². The molecule has 0 saturated heterocycles. The van der Waals surface area contributed by atoms with E-state index in [0.29, 0.717) is 5.02 Å². The molecule has 0 amide bonds. The second-order valence-electron chi connectivity index (χ2n) is 6.12. The molecule has 2 aliphatic rings. The lowest BCUT2D eigenvalue weighted by molar-refractivity contribution is 0.281. The lowest BCUT2D eigenvalue weighted by Gasteiger charge is -2.28. The number of rotatable bonds is 4. The molecule has 2 saturated carbocycles. The first-order valence-corrected chi connectivity index (χ1v) is 7.51. The predicted octanol–water partition coefficient (Wildman–Crippen LogP) is 3.10. The molecule has 104 valence electrons. The number of hydrogen-bond donors (Lipinski definition) is 1. The molecule has 0 aromatic carbocycles. The number of anilines is 1. The van der Waals surface area contributed by atoms with E-state index in [1.165, 1.54) is 25.7 Å². The fourth-order valence-electron chi connectivity index (χ4n) is 3.88. The van der Waals surface area contributed by atoms with Gasteiger partial charge in [0.2, 0.25) is 0 Å². The Morgan fingerprint density at radius 2 is 2.26 bits per heavy atom. The standard InChI is InChI=1S/C15H21ClN2O/c1-18(8-13-5-10-2-3-12(13)4-10)15-14(16)6-11(9-19)7-17-15/h6-7,10,12-13,19H,2-5,8-9H2,1H3. The quantitative estimate of drug-likeness (QED) is 0.921. The van der Waals surface area contributed by atoms with Crippen molar-refractivity contribution in [2.75, 3.05) is 18.5 Å². The van der Waals surface area contributed by atoms with Crippen LogP contribution < -0.4 is 4.90 Å². The van der Waals surface area contributed by atoms with E-state index in [0.717, 1.165) is 35.7 Å². The van der Waals surface area contributed by atoms with E-state index >= 15 is 0 Å². The summed E-state index contributed by atoms with van der Waals surface area (Å²) in [5.41, 5.74) is 0.766. The molecule has 3 unspecified atom stereocenters. The molecule has 2 fully saturated rings. The van der Waals surface area contributed by atoms with Crippen molar-refractivity contribution >= 4 is 17.4 Å². The summed E-state index contributed by atoms with van der Waals surface area (Å²) in [5, 5.41) is 9.72. The van der Waals surface area contributed by atoms with Gasteiger partial charge in [-0.15, -0.1) is 0 Å². The third kappa shape index (κ3) is 2.59. The van der Waals surface area contributed by atoms with Crippen molar-refractivity contribution in [3.63, 3.8) is 0 Å². The molecule has 0 spiro atoms. The highest BCUT2D eigenvalue weighted by Crippen LogP contribution is 2.48. The minimum Gasteiger partial charge on any atom is -0.392 e. The number of pyridine rings is 1. The van der Waals surface area contributed by atoms with Crippen molar-refractivity contribution in [3.8, 4) is 0 Å². The monoisotopic (exact) mass is 280 g/mol. The Kier molecular flexibility index (Phi) is 3.68. The van der Waals surface area contributed by atoms with E-state index in [1.807, 2.05) is 0 Å². The number of nitrogens with zero attached hydrogens (tertiary/aromatic N) is 2. The predicted molar refractivity (Wildman–Crippen MR) is 77.4 cm³/mol. The zero-order valence-electron chi connectivity index (χ0n) is 11.3. The summed E-state index contributed by atoms with van der Waals surface area (Å²) in [5.74, 6) is 3.53. The Balaban J connectivity index is 1.68. The maximum atomic E-state index is 9.08. The summed E-state index contributed by atoms with van der Waals surface area (Å²) in [4.78, 5) is 6.56. The van der Waals surface area contributed by atoms with Crippen LogP contribution in [0.2, 0.25) is 5.02 Å². The van der Waals surface area contributed by atoms with Gasteiger partial charge in [0.15, 0.2) is 0 Å². The summed E-state index contributed by atoms with van der Waals surface area (Å²) in [6.45, 7) is 1.04. The molecule has 1 aromatic rings. The number of hydrogen-bond acceptors (Lipinski definition) is 3. The van der Waals surface area contributed by atoms with Gasteiger partial charge in [-0.25, -0.2) is 4.98 Å². The highest BCUT2D eigenvalue weighted by Gasteiger charge is 2.39. The van der Waals surface area contributed by atoms with Gasteiger partial charge in [-0.05, 0) is 48.6 Å². The van der Waals surface area contributed by atoms with E-state index in [-0.39, 0.29) is 6.61 Å². The van der Waals surface area contributed by atoms with E-state index in [9.17, 15) is 0 Å². The molecule has 4 heteroatoms. The van der Waals surface area contributed by atoms with Crippen LogP contribution in [0.25, 0.3) is 0 Å². The molecule has 3 rings (SSSR count). The van der Waals surface area contributed by atoms with E-state index in [1.54, 1.807) is 12.3 Å². The van der Waals surface area contributed by atoms with Gasteiger partial charge in [0, 0.05) is 19.8 Å². The largest absolute Gasteiger partial charge is 0.392 e. The molecular formula is C15H21ClN2O. The molecule has 1 aromatic heterocycles. The minimum absolute atomic E-state index is 0.0108. The first-order valence-electron chi connectivity index (χ1n) is 7.13. The van der Waals surface area contributed by atoms with Crippen molar-refractivity contribution in [1.82, 2.24) is 4.98 Å². The van der Waals surface area contributed by atoms with Crippen molar-refractivity contribution < 1.29 is 5.11 Å². The fourth-order valence-corrected chi connectivity index (χ4v) is 4.21. The van der Waals surface area contributed by atoms with Gasteiger partial charge in [0.25, 0.3) is 0 Å². The van der Waals surface area contributed by atoms with Crippen LogP contribution in [0.15, 0.2) is 12.3 Å². The number of aliphatic hydroxyl groups is 1. The summed E-state index contributed by atoms with van der Waals surface area (Å²) in [6.07, 6.45) is 7.37. The van der Waals surface area contributed by atoms with Gasteiger partial charge in [0.1, 0.15) is 5.82 Å². The second-order valence-corrected chi connectivity index (χ2v) is 6.53. The second kappa shape index (κ2) is 5.29. The van der Waals surface area contributed by atoms with Crippen LogP contribution in [0.3, 0.4) is 0 Å². The van der Waals surface area contributed by atoms with Crippen molar-refractivity contribution in [2.45, 2.75) is 32.3 Å². The molecule has 3 nitrogen and oxygen atoms in total. The molecule has 3 atom stereocenters. The lowest BCUT2D eigenvalue weighted by Crippen LogP contribution is -2.29. The van der Waals surface area contributed by atoms with Crippen molar-refractivity contribution in [2.24, 2.45) is 17.8 Å². The Hall–Kier alpha value is -0.800. The normalized spacial score (nSPS) is 28.9. The molecular weight excluding hydrogens is 260 g/mol. The number of halogens is 1. The Morgan fingerprint density at radius 1 is 1.42 bits per heavy atom. The van der Waals surface area contributed by atoms with Crippen molar-refractivity contribution in [3.05, 3.63) is 22.8 Å². The first-order chi connectivity index (χ1) is 9.17. The van der Waals surface area contributed by atoms with Crippen LogP contribution >= 0.6 is 11.6 Å². The highest BCUT2D eigenvalue weighted by molar-refractivity contribution is 6.33. The maximum absolute atomic E-state index is 9.08. The topological polar surface area (TPSA) is 36.4 Å². The van der Waals surface area contributed by atoms with Crippen LogP contribution in [0, 0.1) is 17.8 Å². The van der Waals surface area contributed by atoms with Gasteiger partial charge in [0.05, 0.1) is 11.6 Å². The number of fused-ring (bicyclic) bond motifs is 2. The summed E-state index contributed by atoms with van der Waals surface area (Å²) < 4.78 is 0. The fraction of sp³-hybridized carbons (Fsp3) is 0.667. The molecule has 1 N–H and O–H groups in total. The van der Waals surface area contributed by atoms with E-state index in [4.69, 9.17) is 16.7 Å². The first kappa shape index (κ1) is 13.2. The third-order valence-electron chi connectivity index (χ3n) is 4.82. The van der Waals surface area contributed by atoms with Crippen LogP contribution in [0.4, 0.5) is 5.82 Å². The zero-order chi connectivity index (χ0) is 13.4. The van der Waals surface area contributed by atoms with Crippen LogP contribution in [0.1, 0.15) is 31.2 Å². The minimum atomic E-state index is -0.0108. The van der Waals surface area contributed by atoms with E-state index in [2.05, 4.69) is 16.9 Å². The van der Waals surface area contributed by atoms with Gasteiger partial charge < -0.3 is 10.0 Å². The van der Waals surface area contributed by atoms with Crippen LogP contribution in [-0.2, 0) is 6.61 Å². The van der Waals surface area contributed by atoms with Gasteiger partial charge in [-0.3, -0.25) is 0 Å². The summed E-state index contributed by atoms with van der Waals surface area (Å²) >= 11 is 6.25. The maximum Gasteiger partial charge on any atom is 0.147 e. The summed E-state index contributed by atoms with van der Waals surface area (Å²) in [6, 6.07) is 1.81. The molecule has 2 aliphatic carbocycles. The Morgan fingerprint density at radius 3 is 2.84 bits per heavy atom. The molecule has 0 aliphatic heterocycles.